The van der Waals surface area contributed by atoms with E-state index in [1.54, 1.807) is 24.4 Å². The van der Waals surface area contributed by atoms with E-state index in [-0.39, 0.29) is 23.3 Å². The molecule has 7 nitrogen and oxygen atoms in total. The van der Waals surface area contributed by atoms with Crippen LogP contribution in [-0.2, 0) is 0 Å². The van der Waals surface area contributed by atoms with Gasteiger partial charge in [0.05, 0.1) is 17.1 Å². The van der Waals surface area contributed by atoms with E-state index in [0.717, 1.165) is 5.39 Å². The molecule has 0 spiro atoms. The number of benzene rings is 1. The van der Waals surface area contributed by atoms with Crippen molar-refractivity contribution in [2.24, 2.45) is 5.73 Å². The van der Waals surface area contributed by atoms with Crippen molar-refractivity contribution < 1.29 is 9.59 Å². The Kier molecular flexibility index (Phi) is 3.50. The van der Waals surface area contributed by atoms with Gasteiger partial charge in [-0.3, -0.25) is 14.2 Å². The summed E-state index contributed by atoms with van der Waals surface area (Å²) in [6.45, 7) is 1.91. The molecule has 26 heavy (non-hydrogen) atoms. The number of carbonyl (C=O) groups is 2. The number of anilines is 1. The number of nitrogens with zero attached hydrogens (tertiary/aromatic N) is 2. The van der Waals surface area contributed by atoms with Crippen LogP contribution in [0.5, 0.6) is 0 Å². The number of pyridine rings is 1. The van der Waals surface area contributed by atoms with Crippen molar-refractivity contribution in [3.63, 3.8) is 0 Å². The van der Waals surface area contributed by atoms with E-state index in [4.69, 9.17) is 11.5 Å². The summed E-state index contributed by atoms with van der Waals surface area (Å²) in [6.07, 6.45) is 5.36. The average molecular weight is 347 g/mol. The number of dihydropyridines is 1. The first kappa shape index (κ1) is 15.9. The van der Waals surface area contributed by atoms with Gasteiger partial charge < -0.3 is 16.8 Å². The molecule has 1 atom stereocenters. The Balaban J connectivity index is 2.06. The van der Waals surface area contributed by atoms with Crippen molar-refractivity contribution in [3.8, 4) is 0 Å². The van der Waals surface area contributed by atoms with Crippen LogP contribution >= 0.6 is 0 Å². The first-order valence-corrected chi connectivity index (χ1v) is 8.16. The fraction of sp³-hybridized carbons (Fsp3) is 0.105. The second-order valence-electron chi connectivity index (χ2n) is 6.18. The highest BCUT2D eigenvalue weighted by atomic mass is 16.2. The van der Waals surface area contributed by atoms with E-state index in [0.29, 0.717) is 22.1 Å². The molecule has 2 aromatic heterocycles. The van der Waals surface area contributed by atoms with Gasteiger partial charge in [0, 0.05) is 16.3 Å². The Hall–Kier alpha value is -3.61. The molecule has 1 aliphatic rings. The van der Waals surface area contributed by atoms with Crippen LogP contribution in [0.3, 0.4) is 0 Å². The minimum Gasteiger partial charge on any atom is -0.384 e. The lowest BCUT2D eigenvalue weighted by Gasteiger charge is -2.19. The van der Waals surface area contributed by atoms with Crippen LogP contribution in [0.25, 0.3) is 21.9 Å². The molecule has 7 heteroatoms. The molecular formula is C19H17N5O2. The van der Waals surface area contributed by atoms with Crippen molar-refractivity contribution >= 4 is 39.6 Å². The highest BCUT2D eigenvalue weighted by Crippen LogP contribution is 2.31. The van der Waals surface area contributed by atoms with Gasteiger partial charge in [-0.25, -0.2) is 4.98 Å². The number of hydrogen-bond donors (Lipinski definition) is 3. The Bertz CT molecular complexity index is 1140. The number of fused-ring (bicyclic) bond motifs is 3. The number of aromatic nitrogens is 2. The van der Waals surface area contributed by atoms with Gasteiger partial charge >= 0.3 is 0 Å². The smallest absolute Gasteiger partial charge is 0.262 e. The third kappa shape index (κ3) is 2.25. The van der Waals surface area contributed by atoms with E-state index < -0.39 is 5.91 Å². The monoisotopic (exact) mass is 347 g/mol. The van der Waals surface area contributed by atoms with E-state index in [9.17, 15) is 9.59 Å². The van der Waals surface area contributed by atoms with Gasteiger partial charge in [-0.2, -0.15) is 0 Å². The van der Waals surface area contributed by atoms with Gasteiger partial charge in [-0.05, 0) is 31.3 Å². The first-order chi connectivity index (χ1) is 12.5. The van der Waals surface area contributed by atoms with Crippen LogP contribution in [0, 0.1) is 0 Å². The van der Waals surface area contributed by atoms with Crippen LogP contribution in [0.2, 0.25) is 0 Å². The number of rotatable bonds is 2. The fourth-order valence-corrected chi connectivity index (χ4v) is 3.27. The lowest BCUT2D eigenvalue weighted by atomic mass is 10.1. The fourth-order valence-electron chi connectivity index (χ4n) is 3.27. The minimum absolute atomic E-state index is 0.00514. The summed E-state index contributed by atoms with van der Waals surface area (Å²) >= 11 is 0. The highest BCUT2D eigenvalue weighted by Gasteiger charge is 2.25. The normalized spacial score (nSPS) is 16.5. The number of amides is 1. The second kappa shape index (κ2) is 5.73. The van der Waals surface area contributed by atoms with Gasteiger partial charge in [0.25, 0.3) is 11.8 Å². The maximum Gasteiger partial charge on any atom is 0.262 e. The molecule has 1 aromatic carbocycles. The molecule has 4 rings (SSSR count). The zero-order valence-corrected chi connectivity index (χ0v) is 14.1. The zero-order valence-electron chi connectivity index (χ0n) is 14.1. The Morgan fingerprint density at radius 2 is 2.00 bits per heavy atom. The molecular weight excluding hydrogens is 330 g/mol. The number of nitrogen functional groups attached to an aromatic ring is 1. The summed E-state index contributed by atoms with van der Waals surface area (Å²) in [6, 6.07) is 8.89. The summed E-state index contributed by atoms with van der Waals surface area (Å²) in [5.41, 5.74) is 13.2. The second-order valence-corrected chi connectivity index (χ2v) is 6.18. The zero-order chi connectivity index (χ0) is 18.4. The summed E-state index contributed by atoms with van der Waals surface area (Å²) in [5, 5.41) is 4.58. The predicted octanol–water partition coefficient (Wildman–Crippen LogP) is 1.94. The Morgan fingerprint density at radius 1 is 1.23 bits per heavy atom. The molecule has 0 aliphatic carbocycles. The third-order valence-electron chi connectivity index (χ3n) is 4.58. The standard InChI is InChI=1S/C19H17N5O2/c1-10-11(6-4-8-22-10)19(26)24-15-7-3-2-5-12(15)13-9-14(17(21)25)16(20)23-18(13)24/h2-10,22H,1H3,(H2,20,23)(H2,21,25). The third-order valence-corrected chi connectivity index (χ3v) is 4.58. The van der Waals surface area contributed by atoms with E-state index in [1.807, 2.05) is 31.2 Å². The van der Waals surface area contributed by atoms with E-state index >= 15 is 0 Å². The van der Waals surface area contributed by atoms with Crippen LogP contribution in [0.15, 0.2) is 54.3 Å². The van der Waals surface area contributed by atoms with Crippen molar-refractivity contribution in [3.05, 3.63) is 59.8 Å². The lowest BCUT2D eigenvalue weighted by Crippen LogP contribution is -2.31. The molecule has 0 saturated carbocycles. The maximum atomic E-state index is 13.3. The van der Waals surface area contributed by atoms with Crippen LogP contribution < -0.4 is 16.8 Å². The molecule has 1 unspecified atom stereocenters. The van der Waals surface area contributed by atoms with Crippen LogP contribution in [0.1, 0.15) is 22.1 Å². The molecule has 0 saturated heterocycles. The number of allylic oxidation sites excluding steroid dienone is 2. The summed E-state index contributed by atoms with van der Waals surface area (Å²) in [4.78, 5) is 29.2. The van der Waals surface area contributed by atoms with Crippen LogP contribution in [-0.4, -0.2) is 27.4 Å². The van der Waals surface area contributed by atoms with Gasteiger partial charge in [0.2, 0.25) is 0 Å². The Morgan fingerprint density at radius 3 is 2.73 bits per heavy atom. The van der Waals surface area contributed by atoms with Gasteiger partial charge in [0.1, 0.15) is 5.82 Å². The summed E-state index contributed by atoms with van der Waals surface area (Å²) in [7, 11) is 0. The predicted molar refractivity (Wildman–Crippen MR) is 101 cm³/mol. The number of para-hydroxylation sites is 1. The molecule has 3 heterocycles. The number of nitrogens with two attached hydrogens (primary N) is 2. The molecule has 130 valence electrons. The van der Waals surface area contributed by atoms with Crippen molar-refractivity contribution in [2.75, 3.05) is 5.73 Å². The average Bonchev–Trinajstić information content (AvgIpc) is 2.94. The van der Waals surface area contributed by atoms with E-state index in [2.05, 4.69) is 10.3 Å². The lowest BCUT2D eigenvalue weighted by molar-refractivity contribution is 0.0955. The molecule has 0 bridgehead atoms. The molecule has 3 aromatic rings. The number of hydrogen-bond acceptors (Lipinski definition) is 5. The van der Waals surface area contributed by atoms with Crippen molar-refractivity contribution in [1.82, 2.24) is 14.9 Å². The number of carbonyl (C=O) groups excluding carboxylic acids is 2. The van der Waals surface area contributed by atoms with Gasteiger partial charge in [-0.15, -0.1) is 0 Å². The molecule has 0 radical (unpaired) electrons. The highest BCUT2D eigenvalue weighted by molar-refractivity contribution is 6.17. The summed E-state index contributed by atoms with van der Waals surface area (Å²) in [5.74, 6) is -0.845. The van der Waals surface area contributed by atoms with Crippen molar-refractivity contribution in [2.45, 2.75) is 13.0 Å². The quantitative estimate of drug-likeness (QED) is 0.655. The summed E-state index contributed by atoms with van der Waals surface area (Å²) < 4.78 is 1.54. The number of primary amides is 1. The SMILES string of the molecule is CC1NC=CC=C1C(=O)n1c2ccccc2c2cc(C(N)=O)c(N)nc21. The van der Waals surface area contributed by atoms with Gasteiger partial charge in [0.15, 0.2) is 5.65 Å². The molecule has 0 fully saturated rings. The maximum absolute atomic E-state index is 13.3. The van der Waals surface area contributed by atoms with Gasteiger partial charge in [-0.1, -0.05) is 24.3 Å². The Labute approximate surface area is 149 Å². The molecule has 1 amide bonds. The first-order valence-electron chi connectivity index (χ1n) is 8.16. The van der Waals surface area contributed by atoms with Crippen molar-refractivity contribution in [1.29, 1.82) is 0 Å². The van der Waals surface area contributed by atoms with Crippen LogP contribution in [0.4, 0.5) is 5.82 Å². The minimum atomic E-state index is -0.655. The largest absolute Gasteiger partial charge is 0.384 e. The molecule has 5 N–H and O–H groups in total. The molecule has 1 aliphatic heterocycles. The van der Waals surface area contributed by atoms with E-state index in [1.165, 1.54) is 4.57 Å². The number of nitrogens with one attached hydrogen (secondary N) is 1. The topological polar surface area (TPSA) is 116 Å².